The smallest absolute Gasteiger partial charge is 0.171 e. The number of aromatic nitrogens is 1. The van der Waals surface area contributed by atoms with Crippen molar-refractivity contribution in [2.75, 3.05) is 0 Å². The lowest BCUT2D eigenvalue weighted by Crippen LogP contribution is -2.06. The van der Waals surface area contributed by atoms with Crippen LogP contribution in [0.3, 0.4) is 0 Å². The first-order valence-corrected chi connectivity index (χ1v) is 4.19. The fourth-order valence-corrected chi connectivity index (χ4v) is 0.934. The van der Waals surface area contributed by atoms with Gasteiger partial charge in [-0.05, 0) is 12.1 Å². The molecule has 0 aliphatic heterocycles. The van der Waals surface area contributed by atoms with Gasteiger partial charge in [0, 0.05) is 24.4 Å². The number of carbonyl (C=O) groups is 2. The second-order valence-electron chi connectivity index (χ2n) is 2.73. The van der Waals surface area contributed by atoms with E-state index >= 15 is 0 Å². The minimum atomic E-state index is -0.153. The number of carbonyl (C=O) groups excluding carboxylic acids is 2. The van der Waals surface area contributed by atoms with Crippen LogP contribution in [0.1, 0.15) is 30.1 Å². The summed E-state index contributed by atoms with van der Waals surface area (Å²) in [4.78, 5) is 26.1. The molecule has 1 aromatic rings. The molecule has 1 heterocycles. The first kappa shape index (κ1) is 9.58. The van der Waals surface area contributed by atoms with Crippen LogP contribution in [-0.4, -0.2) is 16.6 Å². The summed E-state index contributed by atoms with van der Waals surface area (Å²) >= 11 is 0. The van der Waals surface area contributed by atoms with Crippen molar-refractivity contribution in [3.05, 3.63) is 30.1 Å². The van der Waals surface area contributed by atoms with Crippen molar-refractivity contribution in [1.29, 1.82) is 0 Å². The molecule has 1 aromatic heterocycles. The first-order valence-electron chi connectivity index (χ1n) is 4.19. The van der Waals surface area contributed by atoms with Crippen LogP contribution in [0.15, 0.2) is 24.5 Å². The third-order valence-corrected chi connectivity index (χ3v) is 1.74. The quantitative estimate of drug-likeness (QED) is 0.518. The highest BCUT2D eigenvalue weighted by molar-refractivity contribution is 6.07. The molecule has 0 aliphatic rings. The molecule has 0 unspecified atom stereocenters. The van der Waals surface area contributed by atoms with Gasteiger partial charge in [0.15, 0.2) is 5.78 Å². The molecule has 0 amide bonds. The number of hydrogen-bond acceptors (Lipinski definition) is 3. The van der Waals surface area contributed by atoms with Crippen LogP contribution >= 0.6 is 0 Å². The van der Waals surface area contributed by atoms with Gasteiger partial charge in [0.2, 0.25) is 0 Å². The van der Waals surface area contributed by atoms with Crippen molar-refractivity contribution < 1.29 is 9.59 Å². The lowest BCUT2D eigenvalue weighted by Gasteiger charge is -1.97. The highest BCUT2D eigenvalue weighted by Crippen LogP contribution is 2.02. The van der Waals surface area contributed by atoms with E-state index in [0.29, 0.717) is 12.0 Å². The number of hydrogen-bond donors (Lipinski definition) is 0. The predicted molar refractivity (Wildman–Crippen MR) is 48.5 cm³/mol. The van der Waals surface area contributed by atoms with Crippen molar-refractivity contribution in [3.63, 3.8) is 0 Å². The summed E-state index contributed by atoms with van der Waals surface area (Å²) in [5, 5.41) is 0. The van der Waals surface area contributed by atoms with Gasteiger partial charge in [-0.3, -0.25) is 14.6 Å². The third kappa shape index (κ3) is 2.78. The Morgan fingerprint density at radius 2 is 2.23 bits per heavy atom. The zero-order valence-corrected chi connectivity index (χ0v) is 7.49. The maximum atomic E-state index is 11.4. The van der Waals surface area contributed by atoms with Gasteiger partial charge in [-0.25, -0.2) is 0 Å². The summed E-state index contributed by atoms with van der Waals surface area (Å²) in [6, 6.07) is 3.35. The Bertz CT molecular complexity index is 306. The van der Waals surface area contributed by atoms with Gasteiger partial charge in [0.05, 0.1) is 6.42 Å². The van der Waals surface area contributed by atoms with Gasteiger partial charge < -0.3 is 0 Å². The minimum absolute atomic E-state index is 0.0117. The first-order chi connectivity index (χ1) is 6.24. The van der Waals surface area contributed by atoms with Crippen LogP contribution in [-0.2, 0) is 4.79 Å². The molecule has 0 bridgehead atoms. The molecule has 0 N–H and O–H groups in total. The van der Waals surface area contributed by atoms with Crippen LogP contribution in [0.2, 0.25) is 0 Å². The Morgan fingerprint density at radius 3 is 2.77 bits per heavy atom. The average molecular weight is 177 g/mol. The molecule has 0 saturated carbocycles. The van der Waals surface area contributed by atoms with Crippen molar-refractivity contribution in [2.45, 2.75) is 19.8 Å². The van der Waals surface area contributed by atoms with E-state index in [2.05, 4.69) is 4.98 Å². The van der Waals surface area contributed by atoms with Crippen molar-refractivity contribution >= 4 is 11.6 Å². The van der Waals surface area contributed by atoms with Gasteiger partial charge >= 0.3 is 0 Å². The van der Waals surface area contributed by atoms with Gasteiger partial charge in [-0.1, -0.05) is 6.92 Å². The highest BCUT2D eigenvalue weighted by atomic mass is 16.1. The largest absolute Gasteiger partial charge is 0.299 e. The number of pyridine rings is 1. The SMILES string of the molecule is CCC(=O)CC(=O)c1cccnc1. The van der Waals surface area contributed by atoms with Gasteiger partial charge in [-0.15, -0.1) is 0 Å². The molecule has 3 heteroatoms. The summed E-state index contributed by atoms with van der Waals surface area (Å²) in [5.74, 6) is -0.186. The zero-order chi connectivity index (χ0) is 9.68. The maximum Gasteiger partial charge on any atom is 0.171 e. The topological polar surface area (TPSA) is 47.0 Å². The van der Waals surface area contributed by atoms with Crippen molar-refractivity contribution in [3.8, 4) is 0 Å². The predicted octanol–water partition coefficient (Wildman–Crippen LogP) is 1.63. The number of ketones is 2. The van der Waals surface area contributed by atoms with Crippen LogP contribution < -0.4 is 0 Å². The average Bonchev–Trinajstić information content (AvgIpc) is 2.19. The van der Waals surface area contributed by atoms with Crippen molar-refractivity contribution in [1.82, 2.24) is 4.98 Å². The highest BCUT2D eigenvalue weighted by Gasteiger charge is 2.09. The van der Waals surface area contributed by atoms with Gasteiger partial charge in [0.1, 0.15) is 5.78 Å². The molecule has 0 radical (unpaired) electrons. The second-order valence-corrected chi connectivity index (χ2v) is 2.73. The molecule has 68 valence electrons. The Hall–Kier alpha value is -1.51. The van der Waals surface area contributed by atoms with Gasteiger partial charge in [0.25, 0.3) is 0 Å². The number of nitrogens with zero attached hydrogens (tertiary/aromatic N) is 1. The molecule has 0 aliphatic carbocycles. The summed E-state index contributed by atoms with van der Waals surface area (Å²) < 4.78 is 0. The molecule has 0 fully saturated rings. The van der Waals surface area contributed by atoms with E-state index in [1.807, 2.05) is 0 Å². The maximum absolute atomic E-state index is 11.4. The standard InChI is InChI=1S/C10H11NO2/c1-2-9(12)6-10(13)8-4-3-5-11-7-8/h3-5,7H,2,6H2,1H3. The normalized spacial score (nSPS) is 9.62. The molecule has 1 rings (SSSR count). The Labute approximate surface area is 76.8 Å². The van der Waals surface area contributed by atoms with E-state index < -0.39 is 0 Å². The summed E-state index contributed by atoms with van der Waals surface area (Å²) in [5.41, 5.74) is 0.504. The number of Topliss-reactive ketones (excluding diaryl/α,β-unsaturated/α-hetero) is 2. The summed E-state index contributed by atoms with van der Waals surface area (Å²) in [7, 11) is 0. The Balaban J connectivity index is 2.65. The molecule has 13 heavy (non-hydrogen) atoms. The zero-order valence-electron chi connectivity index (χ0n) is 7.49. The molecule has 0 spiro atoms. The second kappa shape index (κ2) is 4.50. The van der Waals surface area contributed by atoms with Crippen LogP contribution in [0.4, 0.5) is 0 Å². The van der Waals surface area contributed by atoms with Gasteiger partial charge in [-0.2, -0.15) is 0 Å². The van der Waals surface area contributed by atoms with E-state index in [-0.39, 0.29) is 18.0 Å². The van der Waals surface area contributed by atoms with E-state index in [1.54, 1.807) is 25.3 Å². The minimum Gasteiger partial charge on any atom is -0.299 e. The molecule has 0 saturated heterocycles. The fraction of sp³-hybridized carbons (Fsp3) is 0.300. The third-order valence-electron chi connectivity index (χ3n) is 1.74. The summed E-state index contributed by atoms with van der Waals surface area (Å²) in [6.07, 6.45) is 3.47. The van der Waals surface area contributed by atoms with E-state index in [0.717, 1.165) is 0 Å². The lowest BCUT2D eigenvalue weighted by atomic mass is 10.1. The fourth-order valence-electron chi connectivity index (χ4n) is 0.934. The van der Waals surface area contributed by atoms with E-state index in [9.17, 15) is 9.59 Å². The Kier molecular flexibility index (Phi) is 3.31. The summed E-state index contributed by atoms with van der Waals surface area (Å²) in [6.45, 7) is 1.75. The molecule has 0 aromatic carbocycles. The van der Waals surface area contributed by atoms with E-state index in [4.69, 9.17) is 0 Å². The lowest BCUT2D eigenvalue weighted by molar-refractivity contribution is -0.117. The molecular formula is C10H11NO2. The van der Waals surface area contributed by atoms with Crippen LogP contribution in [0.5, 0.6) is 0 Å². The van der Waals surface area contributed by atoms with E-state index in [1.165, 1.54) is 6.20 Å². The van der Waals surface area contributed by atoms with Crippen molar-refractivity contribution in [2.24, 2.45) is 0 Å². The van der Waals surface area contributed by atoms with Crippen LogP contribution in [0.25, 0.3) is 0 Å². The molecule has 0 atom stereocenters. The number of rotatable bonds is 4. The van der Waals surface area contributed by atoms with Crippen LogP contribution in [0, 0.1) is 0 Å². The molecule has 3 nitrogen and oxygen atoms in total. The molecular weight excluding hydrogens is 166 g/mol. The Morgan fingerprint density at radius 1 is 1.46 bits per heavy atom. The monoisotopic (exact) mass is 177 g/mol.